The number of hydrogen-bond donors (Lipinski definition) is 1. The van der Waals surface area contributed by atoms with Gasteiger partial charge >= 0.3 is 0 Å². The minimum Gasteiger partial charge on any atom is -0.392 e. The Hall–Kier alpha value is -2.94. The molecule has 3 rings (SSSR count). The summed E-state index contributed by atoms with van der Waals surface area (Å²) in [5.41, 5.74) is 2.61. The predicted octanol–water partition coefficient (Wildman–Crippen LogP) is 5.49. The Balaban J connectivity index is 2.00. The van der Waals surface area contributed by atoms with E-state index in [0.29, 0.717) is 6.61 Å². The predicted molar refractivity (Wildman–Crippen MR) is 115 cm³/mol. The van der Waals surface area contributed by atoms with Gasteiger partial charge < -0.3 is 9.84 Å². The van der Waals surface area contributed by atoms with E-state index in [2.05, 4.69) is 78.9 Å². The zero-order chi connectivity index (χ0) is 19.5. The smallest absolute Gasteiger partial charge is 0.144 e. The van der Waals surface area contributed by atoms with Crippen molar-refractivity contribution in [3.05, 3.63) is 132 Å². The van der Waals surface area contributed by atoms with E-state index in [4.69, 9.17) is 9.84 Å². The van der Waals surface area contributed by atoms with Crippen molar-refractivity contribution in [2.75, 3.05) is 13.2 Å². The van der Waals surface area contributed by atoms with Crippen LogP contribution >= 0.6 is 0 Å². The maximum atomic E-state index is 8.82. The van der Waals surface area contributed by atoms with Crippen LogP contribution in [0.25, 0.3) is 0 Å². The maximum absolute atomic E-state index is 8.82. The van der Waals surface area contributed by atoms with Crippen molar-refractivity contribution in [2.24, 2.45) is 0 Å². The van der Waals surface area contributed by atoms with E-state index in [9.17, 15) is 0 Å². The van der Waals surface area contributed by atoms with Crippen molar-refractivity contribution in [3.63, 3.8) is 0 Å². The molecule has 0 saturated heterocycles. The van der Waals surface area contributed by atoms with Crippen LogP contribution in [0, 0.1) is 0 Å². The highest BCUT2D eigenvalue weighted by Crippen LogP contribution is 2.40. The van der Waals surface area contributed by atoms with Crippen LogP contribution in [0.15, 0.2) is 115 Å². The van der Waals surface area contributed by atoms with E-state index in [1.54, 1.807) is 6.08 Å². The number of hydrogen-bond acceptors (Lipinski definition) is 2. The number of allylic oxidation sites excluding steroid dienone is 2. The topological polar surface area (TPSA) is 29.5 Å². The summed E-state index contributed by atoms with van der Waals surface area (Å²) in [4.78, 5) is 0. The van der Waals surface area contributed by atoms with E-state index in [-0.39, 0.29) is 6.61 Å². The number of aliphatic hydroxyl groups is 1. The number of rotatable bonds is 9. The highest BCUT2D eigenvalue weighted by molar-refractivity contribution is 5.47. The molecule has 0 amide bonds. The summed E-state index contributed by atoms with van der Waals surface area (Å²) < 4.78 is 6.63. The summed E-state index contributed by atoms with van der Waals surface area (Å²) in [7, 11) is 0. The van der Waals surface area contributed by atoms with Gasteiger partial charge in [0.15, 0.2) is 0 Å². The molecule has 0 aromatic heterocycles. The average molecular weight is 370 g/mol. The second-order valence-electron chi connectivity index (χ2n) is 6.45. The molecule has 0 radical (unpaired) electrons. The second kappa shape index (κ2) is 10.4. The Morgan fingerprint density at radius 1 is 0.607 bits per heavy atom. The van der Waals surface area contributed by atoms with Crippen LogP contribution in [0.2, 0.25) is 0 Å². The molecule has 0 aliphatic heterocycles. The summed E-state index contributed by atoms with van der Waals surface area (Å²) >= 11 is 0. The van der Waals surface area contributed by atoms with Gasteiger partial charge in [-0.2, -0.15) is 0 Å². The molecule has 142 valence electrons. The summed E-state index contributed by atoms with van der Waals surface area (Å²) in [6.45, 7) is 0.551. The number of ether oxygens (including phenoxy) is 1. The monoisotopic (exact) mass is 370 g/mol. The molecule has 3 aromatic rings. The first kappa shape index (κ1) is 19.8. The average Bonchev–Trinajstić information content (AvgIpc) is 2.78. The fourth-order valence-electron chi connectivity index (χ4n) is 3.36. The SMILES string of the molecule is OC/C=C/C/C=C/COC(c1ccccc1)(c1ccccc1)c1ccccc1. The Morgan fingerprint density at radius 3 is 1.46 bits per heavy atom. The van der Waals surface area contributed by atoms with Crippen molar-refractivity contribution < 1.29 is 9.84 Å². The number of aliphatic hydroxyl groups excluding tert-OH is 1. The van der Waals surface area contributed by atoms with Crippen LogP contribution < -0.4 is 0 Å². The van der Waals surface area contributed by atoms with E-state index in [1.807, 2.05) is 30.4 Å². The summed E-state index contributed by atoms with van der Waals surface area (Å²) in [6.07, 6.45) is 8.55. The molecule has 28 heavy (non-hydrogen) atoms. The molecule has 0 saturated carbocycles. The van der Waals surface area contributed by atoms with Gasteiger partial charge in [0, 0.05) is 0 Å². The van der Waals surface area contributed by atoms with Crippen molar-refractivity contribution in [1.82, 2.24) is 0 Å². The van der Waals surface area contributed by atoms with Crippen molar-refractivity contribution in [3.8, 4) is 0 Å². The first-order chi connectivity index (χ1) is 13.9. The third-order valence-corrected chi connectivity index (χ3v) is 4.65. The molecule has 0 spiro atoms. The molecular weight excluding hydrogens is 344 g/mol. The van der Waals surface area contributed by atoms with Gasteiger partial charge in [-0.1, -0.05) is 115 Å². The number of benzene rings is 3. The molecule has 1 N–H and O–H groups in total. The van der Waals surface area contributed by atoms with Gasteiger partial charge in [-0.05, 0) is 23.1 Å². The van der Waals surface area contributed by atoms with Crippen LogP contribution in [-0.2, 0) is 10.3 Å². The van der Waals surface area contributed by atoms with E-state index in [0.717, 1.165) is 23.1 Å². The molecule has 0 aliphatic rings. The van der Waals surface area contributed by atoms with Crippen molar-refractivity contribution in [1.29, 1.82) is 0 Å². The highest BCUT2D eigenvalue weighted by Gasteiger charge is 2.37. The molecule has 0 unspecified atom stereocenters. The van der Waals surface area contributed by atoms with Gasteiger partial charge in [-0.25, -0.2) is 0 Å². The van der Waals surface area contributed by atoms with Gasteiger partial charge in [0.2, 0.25) is 0 Å². The minimum absolute atomic E-state index is 0.0729. The van der Waals surface area contributed by atoms with Crippen LogP contribution in [0.1, 0.15) is 23.1 Å². The lowest BCUT2D eigenvalue weighted by atomic mass is 9.80. The Morgan fingerprint density at radius 2 is 1.04 bits per heavy atom. The molecular formula is C26H26O2. The summed E-state index contributed by atoms with van der Waals surface area (Å²) in [6, 6.07) is 31.1. The Labute approximate surface area is 167 Å². The molecule has 0 aliphatic carbocycles. The largest absolute Gasteiger partial charge is 0.392 e. The van der Waals surface area contributed by atoms with Gasteiger partial charge in [-0.3, -0.25) is 0 Å². The molecule has 2 heteroatoms. The lowest BCUT2D eigenvalue weighted by molar-refractivity contribution is 0.0319. The summed E-state index contributed by atoms with van der Waals surface area (Å²) in [5.74, 6) is 0. The quantitative estimate of drug-likeness (QED) is 0.399. The lowest BCUT2D eigenvalue weighted by Crippen LogP contribution is -2.33. The van der Waals surface area contributed by atoms with Gasteiger partial charge in [0.25, 0.3) is 0 Å². The molecule has 0 fully saturated rings. The molecule has 2 nitrogen and oxygen atoms in total. The minimum atomic E-state index is -0.685. The third kappa shape index (κ3) is 4.66. The normalized spacial score (nSPS) is 12.0. The lowest BCUT2D eigenvalue weighted by Gasteiger charge is -2.35. The Bertz CT molecular complexity index is 771. The van der Waals surface area contributed by atoms with E-state index >= 15 is 0 Å². The second-order valence-corrected chi connectivity index (χ2v) is 6.45. The van der Waals surface area contributed by atoms with Crippen LogP contribution in [0.4, 0.5) is 0 Å². The highest BCUT2D eigenvalue weighted by atomic mass is 16.5. The van der Waals surface area contributed by atoms with Crippen LogP contribution in [-0.4, -0.2) is 18.3 Å². The van der Waals surface area contributed by atoms with Crippen molar-refractivity contribution in [2.45, 2.75) is 12.0 Å². The van der Waals surface area contributed by atoms with E-state index in [1.165, 1.54) is 0 Å². The summed E-state index contributed by atoms with van der Waals surface area (Å²) in [5, 5.41) is 8.82. The zero-order valence-electron chi connectivity index (χ0n) is 15.9. The van der Waals surface area contributed by atoms with Crippen LogP contribution in [0.5, 0.6) is 0 Å². The first-order valence-electron chi connectivity index (χ1n) is 9.59. The first-order valence-corrected chi connectivity index (χ1v) is 9.59. The molecule has 0 atom stereocenters. The van der Waals surface area contributed by atoms with Gasteiger partial charge in [0.05, 0.1) is 13.2 Å². The van der Waals surface area contributed by atoms with Gasteiger partial charge in [-0.15, -0.1) is 0 Å². The van der Waals surface area contributed by atoms with E-state index < -0.39 is 5.60 Å². The molecule has 0 heterocycles. The molecule has 3 aromatic carbocycles. The van der Waals surface area contributed by atoms with Crippen LogP contribution in [0.3, 0.4) is 0 Å². The fraction of sp³-hybridized carbons (Fsp3) is 0.154. The standard InChI is InChI=1S/C26H26O2/c27-21-13-2-1-3-14-22-28-26(23-15-7-4-8-16-23,24-17-9-5-10-18-24)25-19-11-6-12-20-25/h2-20,27H,1,21-22H2/b13-2+,14-3+. The third-order valence-electron chi connectivity index (χ3n) is 4.65. The van der Waals surface area contributed by atoms with Crippen molar-refractivity contribution >= 4 is 0 Å². The maximum Gasteiger partial charge on any atom is 0.144 e. The molecule has 0 bridgehead atoms. The fourth-order valence-corrected chi connectivity index (χ4v) is 3.36. The Kier molecular flexibility index (Phi) is 7.36. The van der Waals surface area contributed by atoms with Gasteiger partial charge in [0.1, 0.15) is 5.60 Å². The zero-order valence-corrected chi connectivity index (χ0v) is 15.9.